The van der Waals surface area contributed by atoms with Gasteiger partial charge in [-0.25, -0.2) is 4.79 Å². The fourth-order valence-corrected chi connectivity index (χ4v) is 3.29. The predicted molar refractivity (Wildman–Crippen MR) is 94.0 cm³/mol. The van der Waals surface area contributed by atoms with Crippen LogP contribution in [0.25, 0.3) is 0 Å². The number of carbonyl (C=O) groups is 1. The van der Waals surface area contributed by atoms with Crippen LogP contribution >= 0.6 is 0 Å². The van der Waals surface area contributed by atoms with E-state index >= 15 is 0 Å². The van der Waals surface area contributed by atoms with Crippen LogP contribution in [0.4, 0.5) is 4.79 Å². The molecule has 2 aromatic heterocycles. The first-order valence-corrected chi connectivity index (χ1v) is 8.65. The molecule has 3 rings (SSSR count). The molecule has 0 aromatic carbocycles. The highest BCUT2D eigenvalue weighted by molar-refractivity contribution is 5.75. The molecule has 0 spiro atoms. The van der Waals surface area contributed by atoms with Crippen molar-refractivity contribution in [1.29, 1.82) is 0 Å². The van der Waals surface area contributed by atoms with E-state index in [4.69, 9.17) is 4.52 Å². The van der Waals surface area contributed by atoms with Crippen LogP contribution < -0.4 is 5.32 Å². The number of urea groups is 1. The Labute approximate surface area is 148 Å². The summed E-state index contributed by atoms with van der Waals surface area (Å²) in [5.74, 6) is 0.755. The summed E-state index contributed by atoms with van der Waals surface area (Å²) in [5.41, 5.74) is 2.85. The second kappa shape index (κ2) is 7.65. The van der Waals surface area contributed by atoms with Gasteiger partial charge in [0.2, 0.25) is 0 Å². The predicted octanol–water partition coefficient (Wildman–Crippen LogP) is 2.27. The molecule has 2 amide bonds. The second-order valence-corrected chi connectivity index (χ2v) is 6.49. The van der Waals surface area contributed by atoms with E-state index in [-0.39, 0.29) is 12.1 Å². The number of aryl methyl sites for hydroxylation is 2. The SMILES string of the molecule is Cc1noc(C)c1[C@@H](C)NC(=O)N1CCN(Cc2ccccn2)CC1. The molecule has 0 radical (unpaired) electrons. The Morgan fingerprint density at radius 2 is 2.04 bits per heavy atom. The smallest absolute Gasteiger partial charge is 0.317 e. The quantitative estimate of drug-likeness (QED) is 0.922. The summed E-state index contributed by atoms with van der Waals surface area (Å²) in [6, 6.07) is 5.80. The molecule has 25 heavy (non-hydrogen) atoms. The zero-order valence-electron chi connectivity index (χ0n) is 15.0. The normalized spacial score (nSPS) is 16.7. The summed E-state index contributed by atoms with van der Waals surface area (Å²) in [7, 11) is 0. The summed E-state index contributed by atoms with van der Waals surface area (Å²) in [6.45, 7) is 9.68. The van der Waals surface area contributed by atoms with Crippen LogP contribution in [-0.2, 0) is 6.54 Å². The third-order valence-corrected chi connectivity index (χ3v) is 4.63. The van der Waals surface area contributed by atoms with Gasteiger partial charge in [0, 0.05) is 44.5 Å². The van der Waals surface area contributed by atoms with Crippen LogP contribution in [0.1, 0.15) is 35.7 Å². The minimum Gasteiger partial charge on any atom is -0.361 e. The standard InChI is InChI=1S/C18H25N5O2/c1-13(17-14(2)21-25-15(17)3)20-18(24)23-10-8-22(9-11-23)12-16-6-4-5-7-19-16/h4-7,13H,8-12H2,1-3H3,(H,20,24)/t13-/m1/s1. The molecule has 134 valence electrons. The highest BCUT2D eigenvalue weighted by Crippen LogP contribution is 2.21. The van der Waals surface area contributed by atoms with E-state index in [2.05, 4.69) is 20.4 Å². The lowest BCUT2D eigenvalue weighted by molar-refractivity contribution is 0.133. The molecule has 1 aliphatic rings. The summed E-state index contributed by atoms with van der Waals surface area (Å²) in [5, 5.41) is 7.01. The minimum atomic E-state index is -0.120. The molecule has 1 aliphatic heterocycles. The van der Waals surface area contributed by atoms with Gasteiger partial charge in [-0.2, -0.15) is 0 Å². The van der Waals surface area contributed by atoms with Gasteiger partial charge in [-0.05, 0) is 32.9 Å². The zero-order valence-corrected chi connectivity index (χ0v) is 15.0. The highest BCUT2D eigenvalue weighted by Gasteiger charge is 2.24. The van der Waals surface area contributed by atoms with Crippen molar-refractivity contribution in [2.24, 2.45) is 0 Å². The molecule has 0 bridgehead atoms. The third kappa shape index (κ3) is 4.17. The average Bonchev–Trinajstić information content (AvgIpc) is 2.95. The van der Waals surface area contributed by atoms with Crippen LogP contribution in [0.3, 0.4) is 0 Å². The molecule has 0 saturated carbocycles. The van der Waals surface area contributed by atoms with E-state index in [9.17, 15) is 4.79 Å². The van der Waals surface area contributed by atoms with Gasteiger partial charge in [-0.1, -0.05) is 11.2 Å². The number of rotatable bonds is 4. The molecular formula is C18H25N5O2. The van der Waals surface area contributed by atoms with E-state index in [1.165, 1.54) is 0 Å². The summed E-state index contributed by atoms with van der Waals surface area (Å²) < 4.78 is 5.19. The molecule has 7 heteroatoms. The highest BCUT2D eigenvalue weighted by atomic mass is 16.5. The largest absolute Gasteiger partial charge is 0.361 e. The lowest BCUT2D eigenvalue weighted by Crippen LogP contribution is -2.51. The molecule has 1 saturated heterocycles. The molecule has 2 aromatic rings. The van der Waals surface area contributed by atoms with Crippen LogP contribution in [0, 0.1) is 13.8 Å². The van der Waals surface area contributed by atoms with Crippen molar-refractivity contribution in [3.63, 3.8) is 0 Å². The topological polar surface area (TPSA) is 74.5 Å². The van der Waals surface area contributed by atoms with Crippen molar-refractivity contribution in [1.82, 2.24) is 25.3 Å². The van der Waals surface area contributed by atoms with Crippen molar-refractivity contribution in [2.75, 3.05) is 26.2 Å². The Balaban J connectivity index is 1.50. The van der Waals surface area contributed by atoms with Gasteiger partial charge in [0.15, 0.2) is 0 Å². The minimum absolute atomic E-state index is 0.0370. The maximum absolute atomic E-state index is 12.5. The van der Waals surface area contributed by atoms with Crippen molar-refractivity contribution < 1.29 is 9.32 Å². The molecular weight excluding hydrogens is 318 g/mol. The Morgan fingerprint density at radius 3 is 2.64 bits per heavy atom. The van der Waals surface area contributed by atoms with Gasteiger partial charge in [0.05, 0.1) is 17.4 Å². The molecule has 7 nitrogen and oxygen atoms in total. The number of hydrogen-bond acceptors (Lipinski definition) is 5. The number of pyridine rings is 1. The van der Waals surface area contributed by atoms with Gasteiger partial charge in [0.25, 0.3) is 0 Å². The second-order valence-electron chi connectivity index (χ2n) is 6.49. The van der Waals surface area contributed by atoms with Gasteiger partial charge < -0.3 is 14.7 Å². The van der Waals surface area contributed by atoms with Crippen LogP contribution in [0.5, 0.6) is 0 Å². The molecule has 0 unspecified atom stereocenters. The van der Waals surface area contributed by atoms with Crippen LogP contribution in [0.15, 0.2) is 28.9 Å². The summed E-state index contributed by atoms with van der Waals surface area (Å²) in [4.78, 5) is 21.1. The summed E-state index contributed by atoms with van der Waals surface area (Å²) in [6.07, 6.45) is 1.81. The number of aromatic nitrogens is 2. The third-order valence-electron chi connectivity index (χ3n) is 4.63. The van der Waals surface area contributed by atoms with E-state index in [0.29, 0.717) is 13.1 Å². The Hall–Kier alpha value is -2.41. The first-order chi connectivity index (χ1) is 12.0. The number of carbonyl (C=O) groups excluding carboxylic acids is 1. The Morgan fingerprint density at radius 1 is 1.28 bits per heavy atom. The van der Waals surface area contributed by atoms with Gasteiger partial charge in [-0.3, -0.25) is 9.88 Å². The molecule has 0 aliphatic carbocycles. The monoisotopic (exact) mass is 343 g/mol. The number of hydrogen-bond donors (Lipinski definition) is 1. The maximum atomic E-state index is 12.5. The Bertz CT molecular complexity index is 688. The van der Waals surface area contributed by atoms with Gasteiger partial charge in [0.1, 0.15) is 5.76 Å². The molecule has 1 atom stereocenters. The van der Waals surface area contributed by atoms with Crippen molar-refractivity contribution >= 4 is 6.03 Å². The molecule has 3 heterocycles. The first-order valence-electron chi connectivity index (χ1n) is 8.65. The van der Waals surface area contributed by atoms with Gasteiger partial charge in [-0.15, -0.1) is 0 Å². The van der Waals surface area contributed by atoms with Crippen molar-refractivity contribution in [3.8, 4) is 0 Å². The van der Waals surface area contributed by atoms with Crippen LogP contribution in [0.2, 0.25) is 0 Å². The lowest BCUT2D eigenvalue weighted by Gasteiger charge is -2.35. The summed E-state index contributed by atoms with van der Waals surface area (Å²) >= 11 is 0. The number of piperazine rings is 1. The fourth-order valence-electron chi connectivity index (χ4n) is 3.29. The Kier molecular flexibility index (Phi) is 5.33. The molecule has 1 fully saturated rings. The number of nitrogens with zero attached hydrogens (tertiary/aromatic N) is 4. The first kappa shape index (κ1) is 17.4. The van der Waals surface area contributed by atoms with Crippen molar-refractivity contribution in [2.45, 2.75) is 33.4 Å². The van der Waals surface area contributed by atoms with E-state index in [1.807, 2.05) is 50.1 Å². The van der Waals surface area contributed by atoms with E-state index in [1.54, 1.807) is 0 Å². The van der Waals surface area contributed by atoms with Crippen molar-refractivity contribution in [3.05, 3.63) is 47.1 Å². The molecule has 1 N–H and O–H groups in total. The number of nitrogens with one attached hydrogen (secondary N) is 1. The lowest BCUT2D eigenvalue weighted by atomic mass is 10.1. The zero-order chi connectivity index (χ0) is 17.8. The van der Waals surface area contributed by atoms with E-state index in [0.717, 1.165) is 42.3 Å². The maximum Gasteiger partial charge on any atom is 0.317 e. The fraction of sp³-hybridized carbons (Fsp3) is 0.500. The van der Waals surface area contributed by atoms with E-state index < -0.39 is 0 Å². The van der Waals surface area contributed by atoms with Gasteiger partial charge >= 0.3 is 6.03 Å². The average molecular weight is 343 g/mol. The van der Waals surface area contributed by atoms with Crippen LogP contribution in [-0.4, -0.2) is 52.2 Å². The number of amides is 2.